The van der Waals surface area contributed by atoms with Gasteiger partial charge in [0.05, 0.1) is 0 Å². The maximum Gasteiger partial charge on any atom is 0.308 e. The van der Waals surface area contributed by atoms with Crippen molar-refractivity contribution in [3.8, 4) is 5.75 Å². The van der Waals surface area contributed by atoms with E-state index < -0.39 is 0 Å². The van der Waals surface area contributed by atoms with Crippen LogP contribution in [-0.2, 0) is 16.0 Å². The van der Waals surface area contributed by atoms with Crippen LogP contribution in [0.4, 0.5) is 11.4 Å². The van der Waals surface area contributed by atoms with Gasteiger partial charge in [-0.05, 0) is 86.2 Å². The fourth-order valence-electron chi connectivity index (χ4n) is 4.46. The third kappa shape index (κ3) is 4.80. The average molecular weight is 438 g/mol. The zero-order valence-electron chi connectivity index (χ0n) is 20.3. The highest BCUT2D eigenvalue weighted by Gasteiger charge is 2.33. The lowest BCUT2D eigenvalue weighted by Crippen LogP contribution is -2.42. The smallest absolute Gasteiger partial charge is 0.308 e. The molecule has 172 valence electrons. The van der Waals surface area contributed by atoms with E-state index in [1.165, 1.54) is 12.5 Å². The van der Waals surface area contributed by atoms with Crippen molar-refractivity contribution in [1.29, 1.82) is 0 Å². The Hall–Kier alpha value is -2.86. The molecule has 0 bridgehead atoms. The van der Waals surface area contributed by atoms with Crippen LogP contribution in [0.5, 0.6) is 5.75 Å². The summed E-state index contributed by atoms with van der Waals surface area (Å²) in [6, 6.07) is 7.97. The number of hydrogen-bond acceptors (Lipinski definition) is 5. The maximum atomic E-state index is 13.7. The lowest BCUT2D eigenvalue weighted by atomic mass is 9.90. The zero-order chi connectivity index (χ0) is 23.6. The Morgan fingerprint density at radius 3 is 2.50 bits per heavy atom. The second kappa shape index (κ2) is 9.74. The van der Waals surface area contributed by atoms with Gasteiger partial charge in [0.15, 0.2) is 0 Å². The van der Waals surface area contributed by atoms with Crippen LogP contribution in [-0.4, -0.2) is 44.0 Å². The van der Waals surface area contributed by atoms with Gasteiger partial charge in [-0.3, -0.25) is 14.5 Å². The van der Waals surface area contributed by atoms with Crippen LogP contribution in [0.25, 0.3) is 0 Å². The molecule has 3 rings (SSSR count). The first-order valence-corrected chi connectivity index (χ1v) is 11.3. The highest BCUT2D eigenvalue weighted by atomic mass is 16.5. The SMILES string of the molecule is CCCN1CCc2ccc(N(C)C)cc2C1C(=O)Nc1cc(C)c(OC(C)=O)c(C)c1C. The first-order valence-electron chi connectivity index (χ1n) is 11.3. The molecule has 0 radical (unpaired) electrons. The summed E-state index contributed by atoms with van der Waals surface area (Å²) >= 11 is 0. The summed E-state index contributed by atoms with van der Waals surface area (Å²) < 4.78 is 5.40. The topological polar surface area (TPSA) is 61.9 Å². The van der Waals surface area contributed by atoms with E-state index in [4.69, 9.17) is 4.74 Å². The van der Waals surface area contributed by atoms with Crippen LogP contribution >= 0.6 is 0 Å². The number of nitrogens with one attached hydrogen (secondary N) is 1. The van der Waals surface area contributed by atoms with Crippen molar-refractivity contribution in [2.75, 3.05) is 37.4 Å². The molecule has 6 nitrogen and oxygen atoms in total. The number of amides is 1. The average Bonchev–Trinajstić information content (AvgIpc) is 2.74. The summed E-state index contributed by atoms with van der Waals surface area (Å²) in [4.78, 5) is 29.5. The standard InChI is InChI=1S/C26H35N3O3/c1-8-12-29-13-11-20-9-10-21(28(6)7)15-22(20)24(29)26(31)27-23-14-16(2)25(32-19(5)30)18(4)17(23)3/h9-10,14-15,24H,8,11-13H2,1-7H3,(H,27,31). The lowest BCUT2D eigenvalue weighted by Gasteiger charge is -2.37. The summed E-state index contributed by atoms with van der Waals surface area (Å²) in [5, 5.41) is 3.19. The highest BCUT2D eigenvalue weighted by molar-refractivity contribution is 5.97. The predicted molar refractivity (Wildman–Crippen MR) is 130 cm³/mol. The third-order valence-electron chi connectivity index (χ3n) is 6.26. The number of hydrogen-bond donors (Lipinski definition) is 1. The molecule has 1 unspecified atom stereocenters. The number of carbonyl (C=O) groups excluding carboxylic acids is 2. The van der Waals surface area contributed by atoms with E-state index in [1.807, 2.05) is 40.9 Å². The molecule has 1 atom stereocenters. The van der Waals surface area contributed by atoms with Crippen LogP contribution in [0, 0.1) is 20.8 Å². The van der Waals surface area contributed by atoms with Crippen molar-refractivity contribution < 1.29 is 14.3 Å². The molecule has 1 amide bonds. The largest absolute Gasteiger partial charge is 0.426 e. The van der Waals surface area contributed by atoms with Gasteiger partial charge in [0.2, 0.25) is 5.91 Å². The normalized spacial score (nSPS) is 15.8. The molecule has 2 aromatic carbocycles. The molecular weight excluding hydrogens is 402 g/mol. The van der Waals surface area contributed by atoms with Crippen molar-refractivity contribution in [1.82, 2.24) is 4.90 Å². The molecule has 0 saturated carbocycles. The van der Waals surface area contributed by atoms with E-state index in [-0.39, 0.29) is 17.9 Å². The molecule has 6 heteroatoms. The Kier molecular flexibility index (Phi) is 7.24. The molecule has 0 aromatic heterocycles. The number of anilines is 2. The number of rotatable bonds is 6. The molecule has 1 heterocycles. The van der Waals surface area contributed by atoms with E-state index in [1.54, 1.807) is 0 Å². The van der Waals surface area contributed by atoms with Crippen molar-refractivity contribution in [2.24, 2.45) is 0 Å². The van der Waals surface area contributed by atoms with Gasteiger partial charge in [0.1, 0.15) is 11.8 Å². The number of fused-ring (bicyclic) bond motifs is 1. The van der Waals surface area contributed by atoms with Gasteiger partial charge in [-0.25, -0.2) is 0 Å². The van der Waals surface area contributed by atoms with E-state index in [2.05, 4.69) is 40.2 Å². The van der Waals surface area contributed by atoms with Crippen LogP contribution in [0.2, 0.25) is 0 Å². The van der Waals surface area contributed by atoms with E-state index in [0.717, 1.165) is 59.6 Å². The highest BCUT2D eigenvalue weighted by Crippen LogP contribution is 2.36. The first-order chi connectivity index (χ1) is 15.1. The minimum Gasteiger partial charge on any atom is -0.426 e. The Labute approximate surface area is 191 Å². The number of nitrogens with zero attached hydrogens (tertiary/aromatic N) is 2. The van der Waals surface area contributed by atoms with Gasteiger partial charge in [-0.2, -0.15) is 0 Å². The Bertz CT molecular complexity index is 1030. The quantitative estimate of drug-likeness (QED) is 0.531. The monoisotopic (exact) mass is 437 g/mol. The van der Waals surface area contributed by atoms with Gasteiger partial charge in [-0.15, -0.1) is 0 Å². The van der Waals surface area contributed by atoms with Crippen molar-refractivity contribution in [3.05, 3.63) is 52.1 Å². The van der Waals surface area contributed by atoms with E-state index >= 15 is 0 Å². The van der Waals surface area contributed by atoms with Gasteiger partial charge in [-0.1, -0.05) is 13.0 Å². The summed E-state index contributed by atoms with van der Waals surface area (Å²) in [5.74, 6) is 0.190. The number of esters is 1. The molecule has 0 aliphatic carbocycles. The first kappa shape index (κ1) is 23.8. The van der Waals surface area contributed by atoms with Crippen molar-refractivity contribution >= 4 is 23.3 Å². The van der Waals surface area contributed by atoms with Gasteiger partial charge in [0, 0.05) is 38.9 Å². The molecule has 1 aliphatic rings. The number of ether oxygens (including phenoxy) is 1. The van der Waals surface area contributed by atoms with E-state index in [9.17, 15) is 9.59 Å². The Morgan fingerprint density at radius 2 is 1.88 bits per heavy atom. The minimum absolute atomic E-state index is 0.0301. The molecule has 0 fully saturated rings. The number of carbonyl (C=O) groups is 2. The molecule has 32 heavy (non-hydrogen) atoms. The van der Waals surface area contributed by atoms with Gasteiger partial charge in [0.25, 0.3) is 0 Å². The Balaban J connectivity index is 1.99. The van der Waals surface area contributed by atoms with Gasteiger partial charge < -0.3 is 15.0 Å². The lowest BCUT2D eigenvalue weighted by molar-refractivity contribution is -0.132. The molecular formula is C26H35N3O3. The molecule has 0 spiro atoms. The molecule has 1 N–H and O–H groups in total. The van der Waals surface area contributed by atoms with Crippen LogP contribution in [0.1, 0.15) is 54.1 Å². The van der Waals surface area contributed by atoms with Crippen molar-refractivity contribution in [3.63, 3.8) is 0 Å². The summed E-state index contributed by atoms with van der Waals surface area (Å²) in [6.07, 6.45) is 1.93. The molecule has 2 aromatic rings. The fourth-order valence-corrected chi connectivity index (χ4v) is 4.46. The fraction of sp³-hybridized carbons (Fsp3) is 0.462. The Morgan fingerprint density at radius 1 is 1.16 bits per heavy atom. The third-order valence-corrected chi connectivity index (χ3v) is 6.26. The second-order valence-electron chi connectivity index (χ2n) is 8.87. The summed E-state index contributed by atoms with van der Waals surface area (Å²) in [6.45, 7) is 11.0. The van der Waals surface area contributed by atoms with Crippen LogP contribution in [0.3, 0.4) is 0 Å². The summed E-state index contributed by atoms with van der Waals surface area (Å²) in [5.41, 5.74) is 6.75. The number of benzene rings is 2. The zero-order valence-corrected chi connectivity index (χ0v) is 20.3. The van der Waals surface area contributed by atoms with Gasteiger partial charge >= 0.3 is 5.97 Å². The molecule has 0 saturated heterocycles. The molecule has 1 aliphatic heterocycles. The minimum atomic E-state index is -0.349. The van der Waals surface area contributed by atoms with Crippen LogP contribution < -0.4 is 15.0 Å². The number of aryl methyl sites for hydroxylation is 1. The summed E-state index contributed by atoms with van der Waals surface area (Å²) in [7, 11) is 4.03. The predicted octanol–water partition coefficient (Wildman–Crippen LogP) is 4.55. The van der Waals surface area contributed by atoms with Crippen LogP contribution in [0.15, 0.2) is 24.3 Å². The van der Waals surface area contributed by atoms with Crippen molar-refractivity contribution in [2.45, 2.75) is 53.5 Å². The maximum absolute atomic E-state index is 13.7. The second-order valence-corrected chi connectivity index (χ2v) is 8.87. The van der Waals surface area contributed by atoms with E-state index in [0.29, 0.717) is 5.75 Å².